The van der Waals surface area contributed by atoms with Crippen molar-refractivity contribution < 1.29 is 4.42 Å². The molecular weight excluding hydrogens is 671 g/mol. The molecule has 9 aromatic carbocycles. The number of nitrogens with zero attached hydrogens (tertiary/aromatic N) is 3. The van der Waals surface area contributed by atoms with Crippen molar-refractivity contribution in [2.75, 3.05) is 0 Å². The molecule has 0 aliphatic rings. The summed E-state index contributed by atoms with van der Waals surface area (Å²) in [6.07, 6.45) is 0. The fraction of sp³-hybridized carbons (Fsp3) is 0. The van der Waals surface area contributed by atoms with Crippen LogP contribution in [0.1, 0.15) is 0 Å². The Labute approximate surface area is 317 Å². The number of furan rings is 1. The third kappa shape index (κ3) is 5.51. The Morgan fingerprint density at radius 1 is 0.273 bits per heavy atom. The Bertz CT molecular complexity index is 3230. The molecule has 256 valence electrons. The second kappa shape index (κ2) is 12.6. The van der Waals surface area contributed by atoms with Gasteiger partial charge in [0.25, 0.3) is 0 Å². The van der Waals surface area contributed by atoms with Gasteiger partial charge in [-0.15, -0.1) is 0 Å². The van der Waals surface area contributed by atoms with Crippen LogP contribution in [0.25, 0.3) is 111 Å². The average molecular weight is 702 g/mol. The van der Waals surface area contributed by atoms with Gasteiger partial charge in [0.05, 0.1) is 0 Å². The lowest BCUT2D eigenvalue weighted by Crippen LogP contribution is -2.00. The van der Waals surface area contributed by atoms with Gasteiger partial charge in [-0.3, -0.25) is 0 Å². The van der Waals surface area contributed by atoms with Gasteiger partial charge in [0, 0.05) is 27.5 Å². The number of hydrogen-bond donors (Lipinski definition) is 0. The Balaban J connectivity index is 1.08. The fourth-order valence-corrected chi connectivity index (χ4v) is 7.86. The lowest BCUT2D eigenvalue weighted by Gasteiger charge is -2.12. The Hall–Kier alpha value is -7.43. The minimum absolute atomic E-state index is 0.621. The van der Waals surface area contributed by atoms with Crippen LogP contribution in [0.4, 0.5) is 0 Å². The van der Waals surface area contributed by atoms with Crippen LogP contribution in [0, 0.1) is 0 Å². The highest BCUT2D eigenvalue weighted by atomic mass is 16.3. The molecule has 0 fully saturated rings. The van der Waals surface area contributed by atoms with E-state index in [4.69, 9.17) is 19.4 Å². The summed E-state index contributed by atoms with van der Waals surface area (Å²) in [5, 5.41) is 8.99. The molecule has 0 N–H and O–H groups in total. The summed E-state index contributed by atoms with van der Waals surface area (Å²) in [5.41, 5.74) is 9.29. The molecule has 11 aromatic rings. The molecular formula is C51H31N3O. The molecule has 55 heavy (non-hydrogen) atoms. The van der Waals surface area contributed by atoms with E-state index >= 15 is 0 Å². The van der Waals surface area contributed by atoms with Crippen LogP contribution < -0.4 is 0 Å². The summed E-state index contributed by atoms with van der Waals surface area (Å²) in [7, 11) is 0. The smallest absolute Gasteiger partial charge is 0.164 e. The number of para-hydroxylation sites is 1. The van der Waals surface area contributed by atoms with Gasteiger partial charge >= 0.3 is 0 Å². The van der Waals surface area contributed by atoms with Gasteiger partial charge in [0.15, 0.2) is 17.5 Å². The summed E-state index contributed by atoms with van der Waals surface area (Å²) in [6, 6.07) is 66.0. The van der Waals surface area contributed by atoms with Gasteiger partial charge in [-0.2, -0.15) is 0 Å². The Morgan fingerprint density at radius 3 is 1.56 bits per heavy atom. The van der Waals surface area contributed by atoms with E-state index in [-0.39, 0.29) is 0 Å². The van der Waals surface area contributed by atoms with Crippen LogP contribution in [0.3, 0.4) is 0 Å². The molecule has 0 saturated heterocycles. The van der Waals surface area contributed by atoms with E-state index in [1.165, 1.54) is 27.6 Å². The first kappa shape index (κ1) is 31.1. The third-order valence-electron chi connectivity index (χ3n) is 10.7. The lowest BCUT2D eigenvalue weighted by atomic mass is 9.97. The van der Waals surface area contributed by atoms with E-state index in [2.05, 4.69) is 170 Å². The zero-order valence-electron chi connectivity index (χ0n) is 29.6. The van der Waals surface area contributed by atoms with Crippen molar-refractivity contribution >= 4 is 54.3 Å². The lowest BCUT2D eigenvalue weighted by molar-refractivity contribution is 0.669. The van der Waals surface area contributed by atoms with E-state index in [9.17, 15) is 0 Å². The zero-order valence-corrected chi connectivity index (χ0v) is 29.6. The molecule has 0 atom stereocenters. The molecule has 0 aliphatic carbocycles. The number of aromatic nitrogens is 3. The first-order valence-electron chi connectivity index (χ1n) is 18.5. The molecule has 0 amide bonds. The third-order valence-corrected chi connectivity index (χ3v) is 10.7. The van der Waals surface area contributed by atoms with Crippen LogP contribution in [0.5, 0.6) is 0 Å². The first-order chi connectivity index (χ1) is 27.2. The molecule has 11 rings (SSSR count). The molecule has 0 radical (unpaired) electrons. The SMILES string of the molecule is c1ccc(-c2ccc3ccc(-c4nc(-c5ccc6cc7oc8ccccc8c7cc6c5)nc(-c5ccc6c(-c7ccccc7)cccc6c5)n4)cc3c2)cc1. The Morgan fingerprint density at radius 2 is 0.836 bits per heavy atom. The first-order valence-corrected chi connectivity index (χ1v) is 18.5. The van der Waals surface area contributed by atoms with Gasteiger partial charge in [-0.05, 0) is 97.0 Å². The topological polar surface area (TPSA) is 51.8 Å². The standard InChI is InChI=1S/C51H31N3O/c1-3-10-32(11-4-1)35-20-18-33-19-22-38(28-41(33)26-35)49-52-50(39-23-21-36-31-48-46(30-42(36)29-39)45-15-7-8-17-47(45)55-48)54-51(53-49)40-24-25-44-37(27-40)14-9-16-43(44)34-12-5-2-6-13-34/h1-31H. The molecule has 0 bridgehead atoms. The van der Waals surface area contributed by atoms with Gasteiger partial charge < -0.3 is 4.42 Å². The van der Waals surface area contributed by atoms with Crippen molar-refractivity contribution in [3.8, 4) is 56.4 Å². The van der Waals surface area contributed by atoms with E-state index < -0.39 is 0 Å². The summed E-state index contributed by atoms with van der Waals surface area (Å²) in [4.78, 5) is 15.5. The number of fused-ring (bicyclic) bond motifs is 6. The van der Waals surface area contributed by atoms with Crippen molar-refractivity contribution in [3.05, 3.63) is 188 Å². The number of hydrogen-bond acceptors (Lipinski definition) is 4. The Kier molecular flexibility index (Phi) is 7.14. The van der Waals surface area contributed by atoms with Crippen LogP contribution in [-0.4, -0.2) is 15.0 Å². The monoisotopic (exact) mass is 701 g/mol. The molecule has 4 nitrogen and oxygen atoms in total. The van der Waals surface area contributed by atoms with Crippen LogP contribution in [-0.2, 0) is 0 Å². The molecule has 0 unspecified atom stereocenters. The molecule has 2 heterocycles. The average Bonchev–Trinajstić information content (AvgIpc) is 3.62. The maximum atomic E-state index is 6.20. The maximum Gasteiger partial charge on any atom is 0.164 e. The van der Waals surface area contributed by atoms with E-state index in [1.54, 1.807) is 0 Å². The van der Waals surface area contributed by atoms with Gasteiger partial charge in [-0.25, -0.2) is 15.0 Å². The second-order valence-electron chi connectivity index (χ2n) is 14.1. The predicted octanol–water partition coefficient (Wildman–Crippen LogP) is 13.6. The quantitative estimate of drug-likeness (QED) is 0.179. The summed E-state index contributed by atoms with van der Waals surface area (Å²) >= 11 is 0. The highest BCUT2D eigenvalue weighted by Gasteiger charge is 2.16. The summed E-state index contributed by atoms with van der Waals surface area (Å²) in [6.45, 7) is 0. The minimum Gasteiger partial charge on any atom is -0.456 e. The summed E-state index contributed by atoms with van der Waals surface area (Å²) in [5.74, 6) is 1.87. The second-order valence-corrected chi connectivity index (χ2v) is 14.1. The van der Waals surface area contributed by atoms with Crippen molar-refractivity contribution in [1.29, 1.82) is 0 Å². The largest absolute Gasteiger partial charge is 0.456 e. The fourth-order valence-electron chi connectivity index (χ4n) is 7.86. The molecule has 0 spiro atoms. The van der Waals surface area contributed by atoms with Crippen molar-refractivity contribution in [3.63, 3.8) is 0 Å². The van der Waals surface area contributed by atoms with Gasteiger partial charge in [0.1, 0.15) is 11.2 Å². The van der Waals surface area contributed by atoms with Crippen molar-refractivity contribution in [2.45, 2.75) is 0 Å². The van der Waals surface area contributed by atoms with E-state index in [0.29, 0.717) is 17.5 Å². The van der Waals surface area contributed by atoms with E-state index in [1.807, 2.05) is 18.2 Å². The molecule has 2 aromatic heterocycles. The minimum atomic E-state index is 0.621. The van der Waals surface area contributed by atoms with Gasteiger partial charge in [0.2, 0.25) is 0 Å². The van der Waals surface area contributed by atoms with Crippen LogP contribution in [0.15, 0.2) is 192 Å². The number of rotatable bonds is 5. The highest BCUT2D eigenvalue weighted by molar-refractivity contribution is 6.10. The molecule has 0 saturated carbocycles. The predicted molar refractivity (Wildman–Crippen MR) is 227 cm³/mol. The van der Waals surface area contributed by atoms with E-state index in [0.717, 1.165) is 65.6 Å². The highest BCUT2D eigenvalue weighted by Crippen LogP contribution is 2.36. The van der Waals surface area contributed by atoms with Gasteiger partial charge in [-0.1, -0.05) is 146 Å². The number of benzene rings is 9. The maximum absolute atomic E-state index is 6.20. The zero-order chi connectivity index (χ0) is 36.3. The van der Waals surface area contributed by atoms with Crippen LogP contribution >= 0.6 is 0 Å². The molecule has 0 aliphatic heterocycles. The molecule has 4 heteroatoms. The normalized spacial score (nSPS) is 11.6. The van der Waals surface area contributed by atoms with Crippen molar-refractivity contribution in [1.82, 2.24) is 15.0 Å². The van der Waals surface area contributed by atoms with Crippen LogP contribution in [0.2, 0.25) is 0 Å². The van der Waals surface area contributed by atoms with Crippen molar-refractivity contribution in [2.24, 2.45) is 0 Å². The summed E-state index contributed by atoms with van der Waals surface area (Å²) < 4.78 is 6.20.